The SMILES string of the molecule is COC(=O)CC(NC(=O)C1Cc2ccccc2S1)c1ccccc1Cl. The van der Waals surface area contributed by atoms with Crippen LogP contribution in [-0.2, 0) is 20.7 Å². The number of fused-ring (bicyclic) bond motifs is 1. The van der Waals surface area contributed by atoms with Gasteiger partial charge in [0, 0.05) is 9.92 Å². The normalized spacial score (nSPS) is 16.8. The molecule has 130 valence electrons. The molecule has 4 nitrogen and oxygen atoms in total. The van der Waals surface area contributed by atoms with E-state index in [0.717, 1.165) is 4.90 Å². The fraction of sp³-hybridized carbons (Fsp3) is 0.263. The molecule has 1 aliphatic heterocycles. The molecule has 2 atom stereocenters. The van der Waals surface area contributed by atoms with Gasteiger partial charge in [-0.2, -0.15) is 0 Å². The van der Waals surface area contributed by atoms with Crippen LogP contribution in [0.2, 0.25) is 5.02 Å². The molecule has 2 unspecified atom stereocenters. The lowest BCUT2D eigenvalue weighted by molar-refractivity contribution is -0.141. The van der Waals surface area contributed by atoms with Gasteiger partial charge in [0.15, 0.2) is 0 Å². The zero-order valence-electron chi connectivity index (χ0n) is 13.7. The van der Waals surface area contributed by atoms with Crippen molar-refractivity contribution in [1.82, 2.24) is 5.32 Å². The molecular formula is C19H18ClNO3S. The number of nitrogens with one attached hydrogen (secondary N) is 1. The van der Waals surface area contributed by atoms with Gasteiger partial charge in [-0.15, -0.1) is 11.8 Å². The van der Waals surface area contributed by atoms with Gasteiger partial charge in [0.1, 0.15) is 0 Å². The van der Waals surface area contributed by atoms with Crippen LogP contribution in [0.25, 0.3) is 0 Å². The highest BCUT2D eigenvalue weighted by Gasteiger charge is 2.30. The first kappa shape index (κ1) is 17.8. The van der Waals surface area contributed by atoms with Gasteiger partial charge in [-0.05, 0) is 29.7 Å². The maximum Gasteiger partial charge on any atom is 0.307 e. The molecule has 0 saturated carbocycles. The standard InChI is InChI=1S/C19H18ClNO3S/c1-24-18(22)11-15(13-7-3-4-8-14(13)20)21-19(23)17-10-12-6-2-5-9-16(12)25-17/h2-9,15,17H,10-11H2,1H3,(H,21,23). The smallest absolute Gasteiger partial charge is 0.307 e. The van der Waals surface area contributed by atoms with Crippen molar-refractivity contribution in [2.75, 3.05) is 7.11 Å². The van der Waals surface area contributed by atoms with E-state index < -0.39 is 12.0 Å². The topological polar surface area (TPSA) is 55.4 Å². The number of ether oxygens (including phenoxy) is 1. The molecule has 0 fully saturated rings. The maximum absolute atomic E-state index is 12.8. The summed E-state index contributed by atoms with van der Waals surface area (Å²) < 4.78 is 4.76. The van der Waals surface area contributed by atoms with Crippen molar-refractivity contribution in [3.05, 3.63) is 64.7 Å². The summed E-state index contributed by atoms with van der Waals surface area (Å²) in [5.41, 5.74) is 1.89. The highest BCUT2D eigenvalue weighted by atomic mass is 35.5. The van der Waals surface area contributed by atoms with Crippen LogP contribution in [0.4, 0.5) is 0 Å². The summed E-state index contributed by atoms with van der Waals surface area (Å²) in [7, 11) is 1.33. The van der Waals surface area contributed by atoms with Gasteiger partial charge in [-0.1, -0.05) is 48.0 Å². The molecule has 2 aromatic carbocycles. The van der Waals surface area contributed by atoms with E-state index in [1.807, 2.05) is 42.5 Å². The van der Waals surface area contributed by atoms with Crippen molar-refractivity contribution in [3.63, 3.8) is 0 Å². The predicted octanol–water partition coefficient (Wildman–Crippen LogP) is 3.78. The van der Waals surface area contributed by atoms with Crippen molar-refractivity contribution >= 4 is 35.2 Å². The van der Waals surface area contributed by atoms with Gasteiger partial charge in [-0.25, -0.2) is 0 Å². The predicted molar refractivity (Wildman–Crippen MR) is 98.8 cm³/mol. The number of halogens is 1. The van der Waals surface area contributed by atoms with Crippen molar-refractivity contribution < 1.29 is 14.3 Å². The van der Waals surface area contributed by atoms with E-state index in [1.54, 1.807) is 17.8 Å². The van der Waals surface area contributed by atoms with Crippen LogP contribution < -0.4 is 5.32 Å². The van der Waals surface area contributed by atoms with E-state index in [-0.39, 0.29) is 17.6 Å². The molecule has 0 aromatic heterocycles. The number of carbonyl (C=O) groups is 2. The van der Waals surface area contributed by atoms with Gasteiger partial charge in [-0.3, -0.25) is 9.59 Å². The number of esters is 1. The molecule has 0 spiro atoms. The molecule has 2 aromatic rings. The van der Waals surface area contributed by atoms with Crippen LogP contribution in [0.15, 0.2) is 53.4 Å². The highest BCUT2D eigenvalue weighted by Crippen LogP contribution is 2.37. The van der Waals surface area contributed by atoms with Crippen LogP contribution in [0.1, 0.15) is 23.6 Å². The first-order valence-electron chi connectivity index (χ1n) is 7.94. The van der Waals surface area contributed by atoms with Crippen molar-refractivity contribution in [2.45, 2.75) is 29.0 Å². The highest BCUT2D eigenvalue weighted by molar-refractivity contribution is 8.01. The Morgan fingerprint density at radius 3 is 2.68 bits per heavy atom. The van der Waals surface area contributed by atoms with Crippen molar-refractivity contribution in [2.24, 2.45) is 0 Å². The lowest BCUT2D eigenvalue weighted by Crippen LogP contribution is -2.36. The van der Waals surface area contributed by atoms with Crippen molar-refractivity contribution in [3.8, 4) is 0 Å². The lowest BCUT2D eigenvalue weighted by Gasteiger charge is -2.21. The monoisotopic (exact) mass is 375 g/mol. The molecule has 0 aliphatic carbocycles. The van der Waals surface area contributed by atoms with Crippen molar-refractivity contribution in [1.29, 1.82) is 0 Å². The number of methoxy groups -OCH3 is 1. The Kier molecular flexibility index (Phi) is 5.66. The summed E-state index contributed by atoms with van der Waals surface area (Å²) in [6, 6.07) is 14.7. The number of thioether (sulfide) groups is 1. The number of rotatable bonds is 5. The maximum atomic E-state index is 12.8. The van der Waals surface area contributed by atoms with E-state index in [4.69, 9.17) is 16.3 Å². The van der Waals surface area contributed by atoms with Gasteiger partial charge < -0.3 is 10.1 Å². The molecular weight excluding hydrogens is 358 g/mol. The number of hydrogen-bond donors (Lipinski definition) is 1. The van der Waals surface area contributed by atoms with E-state index >= 15 is 0 Å². The number of benzene rings is 2. The fourth-order valence-electron chi connectivity index (χ4n) is 2.84. The molecule has 1 heterocycles. The van der Waals surface area contributed by atoms with E-state index in [0.29, 0.717) is 17.0 Å². The number of hydrogen-bond acceptors (Lipinski definition) is 4. The van der Waals surface area contributed by atoms with E-state index in [1.165, 1.54) is 12.7 Å². The summed E-state index contributed by atoms with van der Waals surface area (Å²) in [5, 5.41) is 3.28. The van der Waals surface area contributed by atoms with Gasteiger partial charge >= 0.3 is 5.97 Å². The third-order valence-electron chi connectivity index (χ3n) is 4.14. The Morgan fingerprint density at radius 1 is 1.24 bits per heavy atom. The zero-order chi connectivity index (χ0) is 17.8. The second-order valence-corrected chi connectivity index (χ2v) is 7.43. The van der Waals surface area contributed by atoms with Crippen LogP contribution in [-0.4, -0.2) is 24.2 Å². The Balaban J connectivity index is 1.75. The van der Waals surface area contributed by atoms with E-state index in [2.05, 4.69) is 5.32 Å². The molecule has 25 heavy (non-hydrogen) atoms. The van der Waals surface area contributed by atoms with Crippen LogP contribution in [0.3, 0.4) is 0 Å². The Hall–Kier alpha value is -1.98. The van der Waals surface area contributed by atoms with Gasteiger partial charge in [0.2, 0.25) is 5.91 Å². The summed E-state index contributed by atoms with van der Waals surface area (Å²) in [6.45, 7) is 0. The van der Waals surface area contributed by atoms with Crippen LogP contribution in [0, 0.1) is 0 Å². The third kappa shape index (κ3) is 4.17. The minimum Gasteiger partial charge on any atom is -0.469 e. The van der Waals surface area contributed by atoms with Crippen LogP contribution >= 0.6 is 23.4 Å². The first-order valence-corrected chi connectivity index (χ1v) is 9.20. The molecule has 1 N–H and O–H groups in total. The molecule has 1 aliphatic rings. The van der Waals surface area contributed by atoms with Gasteiger partial charge in [0.05, 0.1) is 24.8 Å². The Bertz CT molecular complexity index is 771. The summed E-state index contributed by atoms with van der Waals surface area (Å²) in [6.07, 6.45) is 0.719. The second-order valence-electron chi connectivity index (χ2n) is 5.78. The molecule has 0 radical (unpaired) electrons. The molecule has 3 rings (SSSR count). The fourth-order valence-corrected chi connectivity index (χ4v) is 4.31. The third-order valence-corrected chi connectivity index (χ3v) is 5.80. The minimum atomic E-state index is -0.516. The largest absolute Gasteiger partial charge is 0.469 e. The Morgan fingerprint density at radius 2 is 1.96 bits per heavy atom. The average molecular weight is 376 g/mol. The number of amides is 1. The summed E-state index contributed by atoms with van der Waals surface area (Å²) in [4.78, 5) is 25.6. The molecule has 0 saturated heterocycles. The molecule has 1 amide bonds. The Labute approximate surface area is 155 Å². The summed E-state index contributed by atoms with van der Waals surface area (Å²) in [5.74, 6) is -0.498. The number of carbonyl (C=O) groups excluding carboxylic acids is 2. The molecule has 0 bridgehead atoms. The average Bonchev–Trinajstić information content (AvgIpc) is 3.05. The minimum absolute atomic E-state index is 0.0380. The van der Waals surface area contributed by atoms with Crippen LogP contribution in [0.5, 0.6) is 0 Å². The summed E-state index contributed by atoms with van der Waals surface area (Å²) >= 11 is 7.80. The van der Waals surface area contributed by atoms with Gasteiger partial charge in [0.25, 0.3) is 0 Å². The first-order chi connectivity index (χ1) is 12.1. The second kappa shape index (κ2) is 7.93. The lowest BCUT2D eigenvalue weighted by atomic mass is 10.0. The quantitative estimate of drug-likeness (QED) is 0.808. The molecule has 6 heteroatoms. The zero-order valence-corrected chi connectivity index (χ0v) is 15.3. The van der Waals surface area contributed by atoms with E-state index in [9.17, 15) is 9.59 Å².